The molecule has 0 amide bonds. The zero-order valence-corrected chi connectivity index (χ0v) is 11.0. The Morgan fingerprint density at radius 2 is 2.22 bits per heavy atom. The zero-order chi connectivity index (χ0) is 12.7. The van der Waals surface area contributed by atoms with E-state index in [1.54, 1.807) is 10.9 Å². The fourth-order valence-corrected chi connectivity index (χ4v) is 2.41. The molecule has 0 aliphatic heterocycles. The molecule has 18 heavy (non-hydrogen) atoms. The van der Waals surface area contributed by atoms with Crippen LogP contribution in [0, 0.1) is 11.7 Å². The first-order valence-electron chi connectivity index (χ1n) is 5.63. The van der Waals surface area contributed by atoms with E-state index in [1.165, 1.54) is 0 Å². The van der Waals surface area contributed by atoms with Gasteiger partial charge in [-0.3, -0.25) is 13.9 Å². The minimum absolute atomic E-state index is 0.709. The highest BCUT2D eigenvalue weighted by Gasteiger charge is 2.12. The second-order valence-corrected chi connectivity index (χ2v) is 4.54. The van der Waals surface area contributed by atoms with Crippen molar-refractivity contribution in [2.24, 2.45) is 7.05 Å². The molecule has 94 valence electrons. The normalized spacial score (nSPS) is 11.4. The van der Waals surface area contributed by atoms with Gasteiger partial charge in [0, 0.05) is 19.8 Å². The molecule has 0 saturated heterocycles. The smallest absolute Gasteiger partial charge is 0.179 e. The third kappa shape index (κ3) is 1.65. The Balaban J connectivity index is 2.00. The Hall–Kier alpha value is -1.96. The zero-order valence-electron chi connectivity index (χ0n) is 10.2. The molecular formula is C10H13N7S. The molecule has 3 aromatic rings. The summed E-state index contributed by atoms with van der Waals surface area (Å²) < 4.78 is 6.37. The second-order valence-electron chi connectivity index (χ2n) is 4.16. The van der Waals surface area contributed by atoms with Crippen LogP contribution in [0.15, 0.2) is 12.4 Å². The van der Waals surface area contributed by atoms with Gasteiger partial charge in [0.05, 0.1) is 18.4 Å². The van der Waals surface area contributed by atoms with Crippen LogP contribution < -0.4 is 0 Å². The highest BCUT2D eigenvalue weighted by Crippen LogP contribution is 2.16. The molecule has 0 bridgehead atoms. The van der Waals surface area contributed by atoms with E-state index < -0.39 is 0 Å². The van der Waals surface area contributed by atoms with Crippen molar-refractivity contribution in [2.45, 2.75) is 20.0 Å². The molecule has 0 saturated carbocycles. The van der Waals surface area contributed by atoms with Crippen molar-refractivity contribution in [3.05, 3.63) is 22.9 Å². The number of aromatic amines is 1. The summed E-state index contributed by atoms with van der Waals surface area (Å²) in [5, 5.41) is 12.1. The van der Waals surface area contributed by atoms with Gasteiger partial charge in [0.2, 0.25) is 0 Å². The van der Waals surface area contributed by atoms with Gasteiger partial charge in [0.1, 0.15) is 5.52 Å². The van der Waals surface area contributed by atoms with Gasteiger partial charge < -0.3 is 4.98 Å². The maximum absolute atomic E-state index is 5.34. The number of rotatable bonds is 3. The standard InChI is InChI=1S/C10H13N7S/c1-7-8-9(15(2)13-7)17(10(18)12-8)6-5-16-4-3-11-14-16/h3-4H,5-6H2,1-2H3,(H,12,18). The molecule has 0 radical (unpaired) electrons. The predicted molar refractivity (Wildman–Crippen MR) is 68.6 cm³/mol. The summed E-state index contributed by atoms with van der Waals surface area (Å²) in [5.41, 5.74) is 2.97. The molecule has 3 rings (SSSR count). The molecule has 3 heterocycles. The van der Waals surface area contributed by atoms with Crippen LogP contribution >= 0.6 is 12.2 Å². The topological polar surface area (TPSA) is 69.2 Å². The van der Waals surface area contributed by atoms with Gasteiger partial charge in [-0.2, -0.15) is 5.10 Å². The number of hydrogen-bond donors (Lipinski definition) is 1. The number of aromatic nitrogens is 7. The number of hydrogen-bond acceptors (Lipinski definition) is 4. The number of imidazole rings is 1. The molecule has 1 N–H and O–H groups in total. The van der Waals surface area contributed by atoms with Crippen LogP contribution in [0.5, 0.6) is 0 Å². The number of aryl methyl sites for hydroxylation is 4. The molecule has 0 aliphatic carbocycles. The molecule has 0 aliphatic rings. The Bertz CT molecular complexity index is 730. The summed E-state index contributed by atoms with van der Waals surface area (Å²) >= 11 is 5.34. The van der Waals surface area contributed by atoms with Crippen LogP contribution in [0.2, 0.25) is 0 Å². The minimum atomic E-state index is 0.709. The summed E-state index contributed by atoms with van der Waals surface area (Å²) in [6.07, 6.45) is 3.50. The van der Waals surface area contributed by atoms with E-state index in [1.807, 2.05) is 29.4 Å². The third-order valence-electron chi connectivity index (χ3n) is 2.95. The van der Waals surface area contributed by atoms with Crippen molar-refractivity contribution < 1.29 is 0 Å². The molecule has 0 spiro atoms. The van der Waals surface area contributed by atoms with Crippen molar-refractivity contribution in [1.29, 1.82) is 0 Å². The van der Waals surface area contributed by atoms with E-state index in [-0.39, 0.29) is 0 Å². The summed E-state index contributed by atoms with van der Waals surface area (Å²) in [6.45, 7) is 3.43. The van der Waals surface area contributed by atoms with Crippen LogP contribution in [0.3, 0.4) is 0 Å². The first-order valence-corrected chi connectivity index (χ1v) is 6.04. The first-order chi connectivity index (χ1) is 8.66. The second kappa shape index (κ2) is 4.05. The molecular weight excluding hydrogens is 250 g/mol. The molecule has 0 atom stereocenters. The average molecular weight is 263 g/mol. The van der Waals surface area contributed by atoms with Crippen LogP contribution in [-0.4, -0.2) is 34.3 Å². The monoisotopic (exact) mass is 263 g/mol. The molecule has 0 aromatic carbocycles. The van der Waals surface area contributed by atoms with E-state index in [0.29, 0.717) is 4.77 Å². The van der Waals surface area contributed by atoms with Gasteiger partial charge in [0.15, 0.2) is 10.4 Å². The fraction of sp³-hybridized carbons (Fsp3) is 0.400. The SMILES string of the molecule is Cc1nn(C)c2c1[nH]c(=S)n2CCn1ccnn1. The Morgan fingerprint density at radius 3 is 2.94 bits per heavy atom. The van der Waals surface area contributed by atoms with Crippen LogP contribution in [0.4, 0.5) is 0 Å². The average Bonchev–Trinajstić information content (AvgIpc) is 2.98. The quantitative estimate of drug-likeness (QED) is 0.717. The van der Waals surface area contributed by atoms with Crippen molar-refractivity contribution in [1.82, 2.24) is 34.3 Å². The van der Waals surface area contributed by atoms with Gasteiger partial charge >= 0.3 is 0 Å². The van der Waals surface area contributed by atoms with Gasteiger partial charge in [-0.15, -0.1) is 5.10 Å². The fourth-order valence-electron chi connectivity index (χ4n) is 2.13. The number of nitrogens with zero attached hydrogens (tertiary/aromatic N) is 6. The number of nitrogens with one attached hydrogen (secondary N) is 1. The highest BCUT2D eigenvalue weighted by atomic mass is 32.1. The molecule has 3 aromatic heterocycles. The number of H-pyrrole nitrogens is 1. The Labute approximate surface area is 108 Å². The van der Waals surface area contributed by atoms with Crippen LogP contribution in [0.1, 0.15) is 5.69 Å². The van der Waals surface area contributed by atoms with Crippen molar-refractivity contribution in [2.75, 3.05) is 0 Å². The van der Waals surface area contributed by atoms with Crippen molar-refractivity contribution >= 4 is 23.4 Å². The Morgan fingerprint density at radius 1 is 1.39 bits per heavy atom. The lowest BCUT2D eigenvalue weighted by molar-refractivity contribution is 0.517. The Kier molecular flexibility index (Phi) is 2.51. The lowest BCUT2D eigenvalue weighted by Gasteiger charge is -2.04. The van der Waals surface area contributed by atoms with E-state index in [0.717, 1.165) is 29.9 Å². The highest BCUT2D eigenvalue weighted by molar-refractivity contribution is 7.71. The van der Waals surface area contributed by atoms with Crippen LogP contribution in [0.25, 0.3) is 11.2 Å². The molecule has 7 nitrogen and oxygen atoms in total. The lowest BCUT2D eigenvalue weighted by Crippen LogP contribution is -2.10. The van der Waals surface area contributed by atoms with E-state index in [4.69, 9.17) is 12.2 Å². The summed E-state index contributed by atoms with van der Waals surface area (Å²) in [6, 6.07) is 0. The first kappa shape index (κ1) is 11.1. The van der Waals surface area contributed by atoms with Gasteiger partial charge in [0.25, 0.3) is 0 Å². The van der Waals surface area contributed by atoms with Crippen LogP contribution in [-0.2, 0) is 20.1 Å². The maximum Gasteiger partial charge on any atom is 0.179 e. The third-order valence-corrected chi connectivity index (χ3v) is 3.27. The largest absolute Gasteiger partial charge is 0.328 e. The molecule has 8 heteroatoms. The minimum Gasteiger partial charge on any atom is -0.328 e. The molecule has 0 unspecified atom stereocenters. The maximum atomic E-state index is 5.34. The molecule has 0 fully saturated rings. The summed E-state index contributed by atoms with van der Waals surface area (Å²) in [5.74, 6) is 0. The van der Waals surface area contributed by atoms with Gasteiger partial charge in [-0.05, 0) is 19.1 Å². The predicted octanol–water partition coefficient (Wildman–Crippen LogP) is 1.03. The summed E-state index contributed by atoms with van der Waals surface area (Å²) in [4.78, 5) is 3.20. The summed E-state index contributed by atoms with van der Waals surface area (Å²) in [7, 11) is 1.92. The van der Waals surface area contributed by atoms with Crippen molar-refractivity contribution in [3.8, 4) is 0 Å². The lowest BCUT2D eigenvalue weighted by atomic mass is 10.4. The van der Waals surface area contributed by atoms with E-state index in [2.05, 4.69) is 20.4 Å². The van der Waals surface area contributed by atoms with Gasteiger partial charge in [-0.1, -0.05) is 5.21 Å². The van der Waals surface area contributed by atoms with E-state index in [9.17, 15) is 0 Å². The van der Waals surface area contributed by atoms with Gasteiger partial charge in [-0.25, -0.2) is 0 Å². The number of fused-ring (bicyclic) bond motifs is 1. The van der Waals surface area contributed by atoms with Crippen molar-refractivity contribution in [3.63, 3.8) is 0 Å². The van der Waals surface area contributed by atoms with E-state index >= 15 is 0 Å².